The van der Waals surface area contributed by atoms with Crippen molar-refractivity contribution in [2.45, 2.75) is 51.7 Å². The maximum atomic E-state index is 12.0. The smallest absolute Gasteiger partial charge is 0.333 e. The van der Waals surface area contributed by atoms with Crippen LogP contribution in [0.1, 0.15) is 39.5 Å². The summed E-state index contributed by atoms with van der Waals surface area (Å²) < 4.78 is 11.5. The van der Waals surface area contributed by atoms with Gasteiger partial charge in [-0.1, -0.05) is 6.58 Å². The second-order valence-electron chi connectivity index (χ2n) is 8.65. The zero-order valence-corrected chi connectivity index (χ0v) is 13.8. The SMILES string of the molecule is C=C(C)C(=O)OC1C2CC34C5CC(CC5OC(C)=O)C3C1CC24. The highest BCUT2D eigenvalue weighted by atomic mass is 16.5. The Labute approximate surface area is 136 Å². The lowest BCUT2D eigenvalue weighted by Gasteiger charge is -2.62. The monoisotopic (exact) mass is 316 g/mol. The molecule has 0 aliphatic heterocycles. The third kappa shape index (κ3) is 1.49. The number of rotatable bonds is 3. The van der Waals surface area contributed by atoms with Crippen molar-refractivity contribution in [1.29, 1.82) is 0 Å². The predicted octanol–water partition coefficient (Wildman–Crippen LogP) is 2.72. The van der Waals surface area contributed by atoms with E-state index in [4.69, 9.17) is 9.47 Å². The summed E-state index contributed by atoms with van der Waals surface area (Å²) in [5, 5.41) is 0. The van der Waals surface area contributed by atoms with Crippen molar-refractivity contribution in [2.75, 3.05) is 0 Å². The molecule has 5 rings (SSSR count). The first-order valence-electron chi connectivity index (χ1n) is 8.97. The summed E-state index contributed by atoms with van der Waals surface area (Å²) in [6, 6.07) is 0. The van der Waals surface area contributed by atoms with E-state index in [0.717, 1.165) is 6.42 Å². The molecule has 4 nitrogen and oxygen atoms in total. The molecule has 4 bridgehead atoms. The maximum absolute atomic E-state index is 12.0. The van der Waals surface area contributed by atoms with Gasteiger partial charge < -0.3 is 9.47 Å². The Kier molecular flexibility index (Phi) is 2.57. The molecule has 0 aromatic carbocycles. The fourth-order valence-electron chi connectivity index (χ4n) is 7.66. The number of ether oxygens (including phenoxy) is 2. The topological polar surface area (TPSA) is 52.6 Å². The third-order valence-corrected chi connectivity index (χ3v) is 7.90. The Morgan fingerprint density at radius 3 is 2.52 bits per heavy atom. The Bertz CT molecular complexity index is 625. The fraction of sp³-hybridized carbons (Fsp3) is 0.789. The number of carbonyl (C=O) groups excluding carboxylic acids is 2. The summed E-state index contributed by atoms with van der Waals surface area (Å²) in [6.07, 6.45) is 4.87. The number of hydrogen-bond acceptors (Lipinski definition) is 4. The summed E-state index contributed by atoms with van der Waals surface area (Å²) in [5.74, 6) is 3.32. The van der Waals surface area contributed by atoms with E-state index in [9.17, 15) is 9.59 Å². The molecule has 5 saturated carbocycles. The van der Waals surface area contributed by atoms with E-state index in [1.54, 1.807) is 6.92 Å². The Morgan fingerprint density at radius 2 is 1.83 bits per heavy atom. The largest absolute Gasteiger partial charge is 0.462 e. The molecule has 0 N–H and O–H groups in total. The number of hydrogen-bond donors (Lipinski definition) is 0. The number of carbonyl (C=O) groups is 2. The summed E-state index contributed by atoms with van der Waals surface area (Å²) in [6.45, 7) is 6.97. The molecule has 124 valence electrons. The molecule has 9 atom stereocenters. The molecular formula is C19H24O4. The van der Waals surface area contributed by atoms with E-state index in [1.165, 1.54) is 26.2 Å². The van der Waals surface area contributed by atoms with Gasteiger partial charge in [-0.2, -0.15) is 0 Å². The lowest BCUT2D eigenvalue weighted by atomic mass is 9.43. The van der Waals surface area contributed by atoms with Crippen LogP contribution in [0.3, 0.4) is 0 Å². The zero-order valence-electron chi connectivity index (χ0n) is 13.8. The molecule has 5 aliphatic carbocycles. The molecule has 0 amide bonds. The van der Waals surface area contributed by atoms with Crippen molar-refractivity contribution in [1.82, 2.24) is 0 Å². The van der Waals surface area contributed by atoms with Crippen LogP contribution in [0.4, 0.5) is 0 Å². The van der Waals surface area contributed by atoms with Crippen molar-refractivity contribution in [3.8, 4) is 0 Å². The highest BCUT2D eigenvalue weighted by molar-refractivity contribution is 5.87. The van der Waals surface area contributed by atoms with Gasteiger partial charge in [0.25, 0.3) is 0 Å². The molecule has 4 heteroatoms. The zero-order chi connectivity index (χ0) is 16.1. The molecule has 23 heavy (non-hydrogen) atoms. The normalized spacial score (nSPS) is 53.7. The van der Waals surface area contributed by atoms with Crippen LogP contribution in [0, 0.1) is 40.9 Å². The summed E-state index contributed by atoms with van der Waals surface area (Å²) in [5.41, 5.74) is 0.908. The van der Waals surface area contributed by atoms with E-state index in [1.807, 2.05) is 0 Å². The van der Waals surface area contributed by atoms with Gasteiger partial charge in [0.05, 0.1) is 0 Å². The van der Waals surface area contributed by atoms with E-state index in [-0.39, 0.29) is 24.1 Å². The van der Waals surface area contributed by atoms with Gasteiger partial charge in [0, 0.05) is 30.3 Å². The van der Waals surface area contributed by atoms with E-state index in [0.29, 0.717) is 46.5 Å². The molecule has 0 saturated heterocycles. The van der Waals surface area contributed by atoms with Crippen LogP contribution in [0.2, 0.25) is 0 Å². The molecule has 5 fully saturated rings. The molecule has 0 aromatic heterocycles. The van der Waals surface area contributed by atoms with Gasteiger partial charge in [-0.15, -0.1) is 0 Å². The average molecular weight is 316 g/mol. The van der Waals surface area contributed by atoms with Crippen molar-refractivity contribution in [3.05, 3.63) is 12.2 Å². The van der Waals surface area contributed by atoms with E-state index in [2.05, 4.69) is 6.58 Å². The van der Waals surface area contributed by atoms with Gasteiger partial charge in [0.2, 0.25) is 0 Å². The lowest BCUT2D eigenvalue weighted by Crippen LogP contribution is -2.62. The molecule has 9 unspecified atom stereocenters. The minimum atomic E-state index is -0.221. The lowest BCUT2D eigenvalue weighted by molar-refractivity contribution is -0.211. The molecular weight excluding hydrogens is 292 g/mol. The van der Waals surface area contributed by atoms with Crippen LogP contribution in [0.25, 0.3) is 0 Å². The Morgan fingerprint density at radius 1 is 1.04 bits per heavy atom. The molecule has 0 heterocycles. The van der Waals surface area contributed by atoms with Gasteiger partial charge in [-0.05, 0) is 55.8 Å². The Hall–Kier alpha value is -1.32. The second-order valence-corrected chi connectivity index (χ2v) is 8.65. The van der Waals surface area contributed by atoms with Gasteiger partial charge in [-0.3, -0.25) is 4.79 Å². The van der Waals surface area contributed by atoms with Gasteiger partial charge in [0.1, 0.15) is 12.2 Å². The van der Waals surface area contributed by atoms with Crippen LogP contribution in [-0.2, 0) is 19.1 Å². The Balaban J connectivity index is 1.40. The minimum Gasteiger partial charge on any atom is -0.462 e. The quantitative estimate of drug-likeness (QED) is 0.593. The average Bonchev–Trinajstić information content (AvgIpc) is 3.13. The standard InChI is InChI=1S/C19H24O4/c1-8(2)18(21)23-17-11-6-13-12(17)7-19(13)14-4-10(16(11)19)5-15(14)22-9(3)20/h10-17H,1,4-7H2,2-3H3. The summed E-state index contributed by atoms with van der Waals surface area (Å²) in [7, 11) is 0. The van der Waals surface area contributed by atoms with Crippen LogP contribution in [0.15, 0.2) is 12.2 Å². The van der Waals surface area contributed by atoms with Gasteiger partial charge in [0.15, 0.2) is 0 Å². The number of fused-ring (bicyclic) bond motifs is 5. The molecule has 0 aromatic rings. The third-order valence-electron chi connectivity index (χ3n) is 7.90. The van der Waals surface area contributed by atoms with Crippen LogP contribution in [-0.4, -0.2) is 24.1 Å². The van der Waals surface area contributed by atoms with Gasteiger partial charge in [-0.25, -0.2) is 4.79 Å². The molecule has 1 spiro atoms. The first-order chi connectivity index (χ1) is 10.9. The van der Waals surface area contributed by atoms with Crippen molar-refractivity contribution in [3.63, 3.8) is 0 Å². The fourth-order valence-corrected chi connectivity index (χ4v) is 7.66. The maximum Gasteiger partial charge on any atom is 0.333 e. The number of esters is 2. The summed E-state index contributed by atoms with van der Waals surface area (Å²) in [4.78, 5) is 23.4. The summed E-state index contributed by atoms with van der Waals surface area (Å²) >= 11 is 0. The van der Waals surface area contributed by atoms with E-state index < -0.39 is 0 Å². The molecule has 5 aliphatic rings. The first kappa shape index (κ1) is 14.1. The minimum absolute atomic E-state index is 0.114. The predicted molar refractivity (Wildman–Crippen MR) is 82.1 cm³/mol. The van der Waals surface area contributed by atoms with Crippen LogP contribution < -0.4 is 0 Å². The van der Waals surface area contributed by atoms with Crippen molar-refractivity contribution < 1.29 is 19.1 Å². The van der Waals surface area contributed by atoms with Gasteiger partial charge >= 0.3 is 11.9 Å². The van der Waals surface area contributed by atoms with Crippen molar-refractivity contribution >= 4 is 11.9 Å². The molecule has 0 radical (unpaired) electrons. The highest BCUT2D eigenvalue weighted by Gasteiger charge is 2.82. The van der Waals surface area contributed by atoms with Crippen LogP contribution >= 0.6 is 0 Å². The second kappa shape index (κ2) is 4.20. The van der Waals surface area contributed by atoms with E-state index >= 15 is 0 Å². The first-order valence-corrected chi connectivity index (χ1v) is 8.97. The van der Waals surface area contributed by atoms with Crippen molar-refractivity contribution in [2.24, 2.45) is 40.9 Å². The highest BCUT2D eigenvalue weighted by Crippen LogP contribution is 2.84. The van der Waals surface area contributed by atoms with Crippen LogP contribution in [0.5, 0.6) is 0 Å².